The summed E-state index contributed by atoms with van der Waals surface area (Å²) in [5.41, 5.74) is 5.50. The van der Waals surface area contributed by atoms with Gasteiger partial charge in [0.2, 0.25) is 5.13 Å². The number of rotatable bonds is 6. The molecular formula is C28H25F2N3OS. The first-order valence-corrected chi connectivity index (χ1v) is 12.3. The Morgan fingerprint density at radius 2 is 1.69 bits per heavy atom. The number of hydrogen-bond acceptors (Lipinski definition) is 5. The van der Waals surface area contributed by atoms with Crippen LogP contribution in [0.1, 0.15) is 48.9 Å². The number of nitrogens with zero attached hydrogens (tertiary/aromatic N) is 3. The summed E-state index contributed by atoms with van der Waals surface area (Å²) in [5, 5.41) is 9.45. The van der Waals surface area contributed by atoms with E-state index >= 15 is 0 Å². The zero-order valence-electron chi connectivity index (χ0n) is 19.7. The summed E-state index contributed by atoms with van der Waals surface area (Å²) in [4.78, 5) is 4.79. The number of aromatic nitrogens is 1. The van der Waals surface area contributed by atoms with Crippen LogP contribution in [-0.4, -0.2) is 17.8 Å². The molecule has 4 aromatic rings. The Balaban J connectivity index is 1.51. The van der Waals surface area contributed by atoms with Gasteiger partial charge in [0.25, 0.3) is 0 Å². The summed E-state index contributed by atoms with van der Waals surface area (Å²) in [5.74, 6) is -0.0647. The molecule has 1 aliphatic rings. The maximum atomic E-state index is 14.3. The second kappa shape index (κ2) is 9.58. The first-order valence-electron chi connectivity index (χ1n) is 11.4. The van der Waals surface area contributed by atoms with Crippen LogP contribution in [0.2, 0.25) is 0 Å². The molecule has 3 aromatic carbocycles. The molecule has 0 aliphatic carbocycles. The highest BCUT2D eigenvalue weighted by Gasteiger charge is 2.32. The summed E-state index contributed by atoms with van der Waals surface area (Å²) in [6, 6.07) is 19.8. The highest BCUT2D eigenvalue weighted by molar-refractivity contribution is 7.14. The molecule has 1 atom stereocenters. The molecule has 1 aromatic heterocycles. The molecule has 1 aliphatic heterocycles. The number of methoxy groups -OCH3 is 1. The molecule has 0 amide bonds. The van der Waals surface area contributed by atoms with Crippen LogP contribution in [0.25, 0.3) is 11.3 Å². The van der Waals surface area contributed by atoms with E-state index in [4.69, 9.17) is 14.8 Å². The SMILES string of the molecule is COc1ccc(-c2csc(N3N=C(c4ccc(F)cc4)C[C@H]3c3ccc(C(C)C)cc3)n2)cc1F. The van der Waals surface area contributed by atoms with Crippen LogP contribution in [0, 0.1) is 11.6 Å². The van der Waals surface area contributed by atoms with Crippen LogP contribution in [0.3, 0.4) is 0 Å². The van der Waals surface area contributed by atoms with Gasteiger partial charge in [0.1, 0.15) is 5.82 Å². The maximum absolute atomic E-state index is 14.3. The second-order valence-corrected chi connectivity index (χ2v) is 9.64. The monoisotopic (exact) mass is 489 g/mol. The van der Waals surface area contributed by atoms with Crippen molar-refractivity contribution in [1.82, 2.24) is 4.98 Å². The average Bonchev–Trinajstić information content (AvgIpc) is 3.52. The Hall–Kier alpha value is -3.58. The summed E-state index contributed by atoms with van der Waals surface area (Å²) in [6.45, 7) is 4.34. The topological polar surface area (TPSA) is 37.7 Å². The molecule has 0 unspecified atom stereocenters. The lowest BCUT2D eigenvalue weighted by Gasteiger charge is -2.21. The van der Waals surface area contributed by atoms with Gasteiger partial charge in [-0.3, -0.25) is 0 Å². The Morgan fingerprint density at radius 3 is 2.34 bits per heavy atom. The molecular weight excluding hydrogens is 464 g/mol. The van der Waals surface area contributed by atoms with Gasteiger partial charge < -0.3 is 4.74 Å². The maximum Gasteiger partial charge on any atom is 0.207 e. The lowest BCUT2D eigenvalue weighted by Crippen LogP contribution is -2.18. The number of anilines is 1. The highest BCUT2D eigenvalue weighted by Crippen LogP contribution is 2.40. The molecule has 0 bridgehead atoms. The van der Waals surface area contributed by atoms with Crippen molar-refractivity contribution in [3.63, 3.8) is 0 Å². The fourth-order valence-electron chi connectivity index (χ4n) is 4.19. The van der Waals surface area contributed by atoms with E-state index in [9.17, 15) is 8.78 Å². The van der Waals surface area contributed by atoms with Crippen molar-refractivity contribution in [3.8, 4) is 17.0 Å². The molecule has 5 rings (SSSR count). The number of hydrogen-bond donors (Lipinski definition) is 0. The Bertz CT molecular complexity index is 1360. The fourth-order valence-corrected chi connectivity index (χ4v) is 5.03. The number of halogens is 2. The van der Waals surface area contributed by atoms with E-state index in [0.717, 1.165) is 16.8 Å². The normalized spacial score (nSPS) is 15.5. The number of hydrazone groups is 1. The van der Waals surface area contributed by atoms with Gasteiger partial charge in [0.15, 0.2) is 11.6 Å². The zero-order chi connectivity index (χ0) is 24.5. The fraction of sp³-hybridized carbons (Fsp3) is 0.214. The molecule has 0 saturated heterocycles. The first kappa shape index (κ1) is 23.2. The Labute approximate surface area is 207 Å². The van der Waals surface area contributed by atoms with E-state index in [-0.39, 0.29) is 17.6 Å². The van der Waals surface area contributed by atoms with Crippen molar-refractivity contribution >= 4 is 22.2 Å². The summed E-state index contributed by atoms with van der Waals surface area (Å²) < 4.78 is 32.8. The van der Waals surface area contributed by atoms with Gasteiger partial charge in [0, 0.05) is 17.4 Å². The molecule has 178 valence electrons. The van der Waals surface area contributed by atoms with Crippen LogP contribution < -0.4 is 9.75 Å². The molecule has 0 fully saturated rings. The smallest absolute Gasteiger partial charge is 0.207 e. The van der Waals surface area contributed by atoms with Crippen molar-refractivity contribution in [2.75, 3.05) is 12.1 Å². The summed E-state index contributed by atoms with van der Waals surface area (Å²) >= 11 is 1.46. The summed E-state index contributed by atoms with van der Waals surface area (Å²) in [7, 11) is 1.44. The number of thiazole rings is 1. The first-order chi connectivity index (χ1) is 16.9. The quantitative estimate of drug-likeness (QED) is 0.280. The van der Waals surface area contributed by atoms with Gasteiger partial charge >= 0.3 is 0 Å². The minimum Gasteiger partial charge on any atom is -0.494 e. The zero-order valence-corrected chi connectivity index (χ0v) is 20.5. The van der Waals surface area contributed by atoms with Gasteiger partial charge in [-0.1, -0.05) is 50.2 Å². The molecule has 0 saturated carbocycles. The summed E-state index contributed by atoms with van der Waals surface area (Å²) in [6.07, 6.45) is 0.665. The van der Waals surface area contributed by atoms with Gasteiger partial charge in [-0.05, 0) is 52.9 Å². The average molecular weight is 490 g/mol. The third-order valence-corrected chi connectivity index (χ3v) is 7.04. The van der Waals surface area contributed by atoms with Gasteiger partial charge in [0.05, 0.1) is 24.6 Å². The van der Waals surface area contributed by atoms with Crippen molar-refractivity contribution in [2.24, 2.45) is 5.10 Å². The highest BCUT2D eigenvalue weighted by atomic mass is 32.1. The molecule has 2 heterocycles. The lowest BCUT2D eigenvalue weighted by molar-refractivity contribution is 0.386. The third-order valence-electron chi connectivity index (χ3n) is 6.21. The van der Waals surface area contributed by atoms with Crippen molar-refractivity contribution in [2.45, 2.75) is 32.2 Å². The van der Waals surface area contributed by atoms with Crippen molar-refractivity contribution in [1.29, 1.82) is 0 Å². The molecule has 0 spiro atoms. The van der Waals surface area contributed by atoms with Crippen LogP contribution in [0.4, 0.5) is 13.9 Å². The predicted molar refractivity (Wildman–Crippen MR) is 137 cm³/mol. The van der Waals surface area contributed by atoms with Crippen LogP contribution in [0.5, 0.6) is 5.75 Å². The van der Waals surface area contributed by atoms with E-state index in [0.29, 0.717) is 28.7 Å². The lowest BCUT2D eigenvalue weighted by atomic mass is 9.95. The molecule has 4 nitrogen and oxygen atoms in total. The van der Waals surface area contributed by atoms with E-state index in [1.807, 2.05) is 10.4 Å². The molecule has 0 N–H and O–H groups in total. The van der Waals surface area contributed by atoms with Gasteiger partial charge in [-0.2, -0.15) is 5.10 Å². The second-order valence-electron chi connectivity index (χ2n) is 8.80. The van der Waals surface area contributed by atoms with Crippen molar-refractivity contribution < 1.29 is 13.5 Å². The van der Waals surface area contributed by atoms with E-state index < -0.39 is 5.82 Å². The minimum absolute atomic E-state index is 0.0529. The Kier molecular flexibility index (Phi) is 6.34. The van der Waals surface area contributed by atoms with E-state index in [1.54, 1.807) is 24.3 Å². The molecule has 0 radical (unpaired) electrons. The largest absolute Gasteiger partial charge is 0.494 e. The van der Waals surface area contributed by atoms with Crippen LogP contribution in [-0.2, 0) is 0 Å². The van der Waals surface area contributed by atoms with Crippen LogP contribution >= 0.6 is 11.3 Å². The Morgan fingerprint density at radius 1 is 0.971 bits per heavy atom. The number of benzene rings is 3. The van der Waals surface area contributed by atoms with Gasteiger partial charge in [-0.15, -0.1) is 11.3 Å². The molecule has 7 heteroatoms. The third kappa shape index (κ3) is 4.68. The number of ether oxygens (including phenoxy) is 1. The van der Waals surface area contributed by atoms with Gasteiger partial charge in [-0.25, -0.2) is 18.8 Å². The molecule has 35 heavy (non-hydrogen) atoms. The van der Waals surface area contributed by atoms with Crippen molar-refractivity contribution in [3.05, 3.63) is 100 Å². The minimum atomic E-state index is -0.430. The van der Waals surface area contributed by atoms with E-state index in [2.05, 4.69) is 38.1 Å². The predicted octanol–water partition coefficient (Wildman–Crippen LogP) is 7.58. The van der Waals surface area contributed by atoms with Crippen LogP contribution in [0.15, 0.2) is 77.2 Å². The standard InChI is InChI=1S/C28H25F2N3OS/c1-17(2)18-4-6-20(7-5-18)26-15-24(19-8-11-22(29)12-9-19)32-33(26)28-31-25(16-35-28)21-10-13-27(34-3)23(30)14-21/h4-14,16-17,26H,15H2,1-3H3/t26-/m0/s1. The van der Waals surface area contributed by atoms with E-state index in [1.165, 1.54) is 42.2 Å².